The lowest BCUT2D eigenvalue weighted by molar-refractivity contribution is -0.111. The maximum absolute atomic E-state index is 12.7. The predicted molar refractivity (Wildman–Crippen MR) is 103 cm³/mol. The summed E-state index contributed by atoms with van der Waals surface area (Å²) in [5.74, 6) is 2.31. The number of rotatable bonds is 5. The lowest BCUT2D eigenvalue weighted by atomic mass is 10.1. The Morgan fingerprint density at radius 2 is 1.19 bits per heavy atom. The van der Waals surface area contributed by atoms with Crippen molar-refractivity contribution in [3.63, 3.8) is 0 Å². The third-order valence-electron chi connectivity index (χ3n) is 4.42. The number of Topliss-reactive ketones (excluding diaryl/α,β-unsaturated/α-hetero) is 1. The molecule has 0 radical (unpaired) electrons. The van der Waals surface area contributed by atoms with Crippen LogP contribution in [0.25, 0.3) is 12.2 Å². The number of ether oxygens (including phenoxy) is 3. The van der Waals surface area contributed by atoms with Crippen LogP contribution in [0.3, 0.4) is 0 Å². The number of ketones is 1. The molecule has 0 saturated heterocycles. The normalized spacial score (nSPS) is 17.0. The summed E-state index contributed by atoms with van der Waals surface area (Å²) in [4.78, 5) is 12.7. The van der Waals surface area contributed by atoms with Crippen LogP contribution < -0.4 is 14.2 Å². The highest BCUT2D eigenvalue weighted by Gasteiger charge is 2.23. The second-order valence-corrected chi connectivity index (χ2v) is 6.09. The molecule has 1 aliphatic rings. The summed E-state index contributed by atoms with van der Waals surface area (Å²) in [5, 5.41) is 0. The number of methoxy groups -OCH3 is 3. The van der Waals surface area contributed by atoms with Crippen molar-refractivity contribution in [3.8, 4) is 17.2 Å². The van der Waals surface area contributed by atoms with E-state index in [1.54, 1.807) is 21.3 Å². The van der Waals surface area contributed by atoms with Crippen molar-refractivity contribution in [1.82, 2.24) is 0 Å². The van der Waals surface area contributed by atoms with Gasteiger partial charge < -0.3 is 14.2 Å². The molecule has 0 N–H and O–H groups in total. The molecule has 0 aromatic heterocycles. The Kier molecular flexibility index (Phi) is 5.42. The summed E-state index contributed by atoms with van der Waals surface area (Å²) >= 11 is 0. The number of allylic oxidation sites excluding steroid dienone is 2. The Morgan fingerprint density at radius 3 is 1.69 bits per heavy atom. The average molecular weight is 350 g/mol. The molecule has 1 saturated carbocycles. The van der Waals surface area contributed by atoms with Crippen molar-refractivity contribution >= 4 is 17.9 Å². The van der Waals surface area contributed by atoms with E-state index in [2.05, 4.69) is 0 Å². The number of carbonyl (C=O) groups is 1. The minimum absolute atomic E-state index is 0.0996. The molecule has 1 aliphatic carbocycles. The van der Waals surface area contributed by atoms with Crippen molar-refractivity contribution in [3.05, 3.63) is 64.7 Å². The molecule has 0 spiro atoms. The van der Waals surface area contributed by atoms with E-state index in [0.29, 0.717) is 11.5 Å². The van der Waals surface area contributed by atoms with Gasteiger partial charge in [0, 0.05) is 17.2 Å². The monoisotopic (exact) mass is 350 g/mol. The van der Waals surface area contributed by atoms with Crippen LogP contribution in [0.15, 0.2) is 53.6 Å². The van der Waals surface area contributed by atoms with Crippen molar-refractivity contribution < 1.29 is 19.0 Å². The van der Waals surface area contributed by atoms with E-state index in [1.165, 1.54) is 0 Å². The van der Waals surface area contributed by atoms with Gasteiger partial charge in [0.05, 0.1) is 21.3 Å². The molecule has 4 heteroatoms. The van der Waals surface area contributed by atoms with Gasteiger partial charge in [-0.2, -0.15) is 0 Å². The van der Waals surface area contributed by atoms with Crippen molar-refractivity contribution in [2.75, 3.05) is 21.3 Å². The number of hydrogen-bond acceptors (Lipinski definition) is 4. The maximum atomic E-state index is 12.7. The highest BCUT2D eigenvalue weighted by Crippen LogP contribution is 2.31. The van der Waals surface area contributed by atoms with Gasteiger partial charge in [-0.05, 0) is 60.4 Å². The Bertz CT molecular complexity index is 838. The molecule has 0 bridgehead atoms. The Morgan fingerprint density at radius 1 is 0.692 bits per heavy atom. The van der Waals surface area contributed by atoms with Gasteiger partial charge in [0.25, 0.3) is 0 Å². The molecule has 3 rings (SSSR count). The lowest BCUT2D eigenvalue weighted by Gasteiger charge is -2.06. The quantitative estimate of drug-likeness (QED) is 0.743. The Labute approximate surface area is 153 Å². The van der Waals surface area contributed by atoms with Crippen LogP contribution in [0.1, 0.15) is 24.0 Å². The van der Waals surface area contributed by atoms with E-state index >= 15 is 0 Å². The van der Waals surface area contributed by atoms with Crippen LogP contribution in [-0.4, -0.2) is 27.1 Å². The van der Waals surface area contributed by atoms with Crippen LogP contribution in [0.5, 0.6) is 17.2 Å². The molecule has 0 aliphatic heterocycles. The number of benzene rings is 2. The van der Waals surface area contributed by atoms with Crippen LogP contribution in [0, 0.1) is 0 Å². The topological polar surface area (TPSA) is 44.8 Å². The molecule has 2 aromatic rings. The fourth-order valence-electron chi connectivity index (χ4n) is 2.99. The zero-order valence-corrected chi connectivity index (χ0v) is 15.2. The van der Waals surface area contributed by atoms with E-state index in [9.17, 15) is 4.79 Å². The maximum Gasteiger partial charge on any atom is 0.185 e. The van der Waals surface area contributed by atoms with Crippen molar-refractivity contribution in [2.24, 2.45) is 0 Å². The molecular weight excluding hydrogens is 328 g/mol. The van der Waals surface area contributed by atoms with Gasteiger partial charge in [0.1, 0.15) is 17.2 Å². The molecular formula is C22H22O4. The predicted octanol–water partition coefficient (Wildman–Crippen LogP) is 4.54. The highest BCUT2D eigenvalue weighted by molar-refractivity contribution is 6.15. The van der Waals surface area contributed by atoms with Gasteiger partial charge in [-0.15, -0.1) is 0 Å². The van der Waals surface area contributed by atoms with Crippen LogP contribution in [0.2, 0.25) is 0 Å². The first-order valence-electron chi connectivity index (χ1n) is 8.46. The van der Waals surface area contributed by atoms with E-state index in [-0.39, 0.29) is 5.78 Å². The van der Waals surface area contributed by atoms with Gasteiger partial charge in [0.15, 0.2) is 5.78 Å². The molecule has 0 amide bonds. The third kappa shape index (κ3) is 3.97. The fraction of sp³-hybridized carbons (Fsp3) is 0.227. The summed E-state index contributed by atoms with van der Waals surface area (Å²) in [7, 11) is 4.86. The molecule has 0 atom stereocenters. The first-order chi connectivity index (χ1) is 12.6. The third-order valence-corrected chi connectivity index (χ3v) is 4.42. The summed E-state index contributed by atoms with van der Waals surface area (Å²) in [6.07, 6.45) is 5.36. The van der Waals surface area contributed by atoms with E-state index in [0.717, 1.165) is 40.9 Å². The zero-order chi connectivity index (χ0) is 18.5. The fourth-order valence-corrected chi connectivity index (χ4v) is 2.99. The molecule has 134 valence electrons. The second-order valence-electron chi connectivity index (χ2n) is 6.09. The van der Waals surface area contributed by atoms with Crippen LogP contribution in [-0.2, 0) is 4.79 Å². The van der Waals surface area contributed by atoms with Crippen LogP contribution in [0.4, 0.5) is 0 Å². The summed E-state index contributed by atoms with van der Waals surface area (Å²) in [6, 6.07) is 13.3. The molecule has 26 heavy (non-hydrogen) atoms. The van der Waals surface area contributed by atoms with Gasteiger partial charge in [-0.25, -0.2) is 0 Å². The minimum atomic E-state index is 0.0996. The smallest absolute Gasteiger partial charge is 0.185 e. The van der Waals surface area contributed by atoms with Crippen molar-refractivity contribution in [1.29, 1.82) is 0 Å². The number of hydrogen-bond donors (Lipinski definition) is 0. The zero-order valence-electron chi connectivity index (χ0n) is 15.2. The van der Waals surface area contributed by atoms with Gasteiger partial charge in [-0.1, -0.05) is 12.1 Å². The molecule has 0 heterocycles. The van der Waals surface area contributed by atoms with Gasteiger partial charge in [0.2, 0.25) is 0 Å². The minimum Gasteiger partial charge on any atom is -0.497 e. The first-order valence-corrected chi connectivity index (χ1v) is 8.46. The van der Waals surface area contributed by atoms with Crippen LogP contribution >= 0.6 is 0 Å². The highest BCUT2D eigenvalue weighted by atomic mass is 16.5. The molecule has 0 unspecified atom stereocenters. The SMILES string of the molecule is COc1ccc(/C=C2\CCC(=Cc3cc(OC)cc(OC)c3)C2=O)cc1. The lowest BCUT2D eigenvalue weighted by Crippen LogP contribution is -1.96. The van der Waals surface area contributed by atoms with E-state index in [1.807, 2.05) is 54.6 Å². The van der Waals surface area contributed by atoms with E-state index < -0.39 is 0 Å². The largest absolute Gasteiger partial charge is 0.497 e. The summed E-state index contributed by atoms with van der Waals surface area (Å²) in [6.45, 7) is 0. The standard InChI is InChI=1S/C22H22O4/c1-24-19-8-4-15(5-9-19)10-17-6-7-18(22(17)23)11-16-12-20(25-2)14-21(13-16)26-3/h4-5,8-14H,6-7H2,1-3H3/b17-10+,18-11?. The van der Waals surface area contributed by atoms with E-state index in [4.69, 9.17) is 14.2 Å². The summed E-state index contributed by atoms with van der Waals surface area (Å²) in [5.41, 5.74) is 3.53. The first kappa shape index (κ1) is 17.8. The van der Waals surface area contributed by atoms with Crippen molar-refractivity contribution in [2.45, 2.75) is 12.8 Å². The molecule has 4 nitrogen and oxygen atoms in total. The molecule has 2 aromatic carbocycles. The van der Waals surface area contributed by atoms with Gasteiger partial charge >= 0.3 is 0 Å². The number of carbonyl (C=O) groups excluding carboxylic acids is 1. The molecule has 1 fully saturated rings. The van der Waals surface area contributed by atoms with Gasteiger partial charge in [-0.3, -0.25) is 4.79 Å². The summed E-state index contributed by atoms with van der Waals surface area (Å²) < 4.78 is 15.7. The Hall–Kier alpha value is -3.01. The average Bonchev–Trinajstić information content (AvgIpc) is 3.01. The Balaban J connectivity index is 1.84. The second kappa shape index (κ2) is 7.91.